The Morgan fingerprint density at radius 2 is 1.65 bits per heavy atom. The van der Waals surface area contributed by atoms with Crippen molar-refractivity contribution in [3.05, 3.63) is 42.5 Å². The zero-order valence-corrected chi connectivity index (χ0v) is 35.3. The van der Waals surface area contributed by atoms with Crippen molar-refractivity contribution in [1.82, 2.24) is 30.2 Å². The number of nitrogens with two attached hydrogens (primary N) is 1. The van der Waals surface area contributed by atoms with E-state index >= 15 is 0 Å². The van der Waals surface area contributed by atoms with Gasteiger partial charge < -0.3 is 61.1 Å². The molecule has 0 radical (unpaired) electrons. The van der Waals surface area contributed by atoms with Gasteiger partial charge in [-0.25, -0.2) is 28.6 Å². The lowest BCUT2D eigenvalue weighted by atomic mass is 9.87. The van der Waals surface area contributed by atoms with Crippen LogP contribution < -0.4 is 16.4 Å². The second kappa shape index (κ2) is 19.7. The highest BCUT2D eigenvalue weighted by atomic mass is 32.2. The van der Waals surface area contributed by atoms with Crippen molar-refractivity contribution in [2.45, 2.75) is 63.4 Å². The molecule has 0 aliphatic carbocycles. The molecule has 1 aliphatic rings. The zero-order chi connectivity index (χ0) is 44.8. The SMILES string of the molecule is CC(O)(C(=O)SCCNC(=O)CCNC(=O)C(O)C(C)(C)COP(=O)(O)OP(=O)(O)OC[C@H]1O[C@@H](n2cnc3c(N)ncnc32)[C@H](O)[C@@H]1OP(=O)(O)O)c1ccc(O)cc1. The van der Waals surface area contributed by atoms with E-state index in [0.717, 1.165) is 29.0 Å². The van der Waals surface area contributed by atoms with Crippen molar-refractivity contribution in [1.29, 1.82) is 0 Å². The number of nitrogens with zero attached hydrogens (tertiary/aromatic N) is 4. The van der Waals surface area contributed by atoms with Crippen LogP contribution in [0.5, 0.6) is 5.75 Å². The molecule has 3 heterocycles. The number of hydrogen-bond donors (Lipinski definition) is 11. The number of carbonyl (C=O) groups excluding carboxylic acids is 3. The molecule has 2 amide bonds. The molecular formula is C30H44N7O19P3S. The predicted octanol–water partition coefficient (Wildman–Crippen LogP) is -0.722. The number of rotatable bonds is 21. The molecule has 60 heavy (non-hydrogen) atoms. The van der Waals surface area contributed by atoms with Crippen LogP contribution in [0, 0.1) is 5.41 Å². The molecule has 26 nitrogen and oxygen atoms in total. The number of phosphoric ester groups is 3. The van der Waals surface area contributed by atoms with E-state index < -0.39 is 95.3 Å². The van der Waals surface area contributed by atoms with E-state index in [1.165, 1.54) is 45.0 Å². The number of phenolic OH excluding ortho intramolecular Hbond substituents is 1. The summed E-state index contributed by atoms with van der Waals surface area (Å²) in [5, 5.41) is 45.7. The molecule has 12 N–H and O–H groups in total. The van der Waals surface area contributed by atoms with Crippen molar-refractivity contribution in [2.75, 3.05) is 37.8 Å². The minimum absolute atomic E-state index is 0.0187. The van der Waals surface area contributed by atoms with E-state index in [4.69, 9.17) is 19.5 Å². The van der Waals surface area contributed by atoms with Gasteiger partial charge in [-0.2, -0.15) is 4.31 Å². The number of amides is 2. The molecule has 0 spiro atoms. The fourth-order valence-electron chi connectivity index (χ4n) is 5.32. The molecule has 1 aliphatic heterocycles. The standard InChI is InChI=1S/C30H44N7O19P3S/c1-29(2,23(41)26(42)33-9-8-19(39)32-10-11-60-28(43)30(3,44)16-4-6-17(38)7-5-16)13-53-59(50,51)56-58(48,49)52-12-18-22(55-57(45,46)47)21(40)27(54-18)37-15-36-20-24(31)34-14-35-25(20)37/h4-7,14-15,18,21-23,27,38,40-41,44H,8-13H2,1-3H3,(H,32,39)(H,33,42)(H,48,49)(H,50,51)(H2,31,34,35)(H2,45,46,47)/t18-,21-,22-,23?,27-,30?/m1/s1. The number of fused-ring (bicyclic) bond motifs is 1. The summed E-state index contributed by atoms with van der Waals surface area (Å²) in [6, 6.07) is 5.44. The molecule has 1 aromatic carbocycles. The number of nitrogen functional groups attached to an aromatic ring is 1. The molecule has 30 heteroatoms. The van der Waals surface area contributed by atoms with Gasteiger partial charge in [0.05, 0.1) is 19.5 Å². The van der Waals surface area contributed by atoms with Gasteiger partial charge in [0.15, 0.2) is 23.3 Å². The maximum atomic E-state index is 12.7. The number of benzene rings is 1. The average Bonchev–Trinajstić information content (AvgIpc) is 3.71. The Bertz CT molecular complexity index is 2160. The first-order valence-electron chi connectivity index (χ1n) is 17.3. The summed E-state index contributed by atoms with van der Waals surface area (Å²) >= 11 is 0.764. The third kappa shape index (κ3) is 13.3. The van der Waals surface area contributed by atoms with Crippen LogP contribution in [-0.4, -0.2) is 133 Å². The lowest BCUT2D eigenvalue weighted by Gasteiger charge is -2.30. The highest BCUT2D eigenvalue weighted by molar-refractivity contribution is 8.13. The molecular weight excluding hydrogens is 887 g/mol. The van der Waals surface area contributed by atoms with Gasteiger partial charge in [-0.3, -0.25) is 32.5 Å². The van der Waals surface area contributed by atoms with Crippen molar-refractivity contribution in [2.24, 2.45) is 5.41 Å². The van der Waals surface area contributed by atoms with Crippen LogP contribution in [0.4, 0.5) is 5.82 Å². The Hall–Kier alpha value is -3.46. The van der Waals surface area contributed by atoms with Gasteiger partial charge in [-0.05, 0) is 24.6 Å². The fraction of sp³-hybridized carbons (Fsp3) is 0.533. The van der Waals surface area contributed by atoms with Gasteiger partial charge in [-0.15, -0.1) is 0 Å². The van der Waals surface area contributed by atoms with Crippen molar-refractivity contribution in [3.63, 3.8) is 0 Å². The normalized spacial score (nSPS) is 22.0. The lowest BCUT2D eigenvalue weighted by Crippen LogP contribution is -2.46. The monoisotopic (exact) mass is 931 g/mol. The summed E-state index contributed by atoms with van der Waals surface area (Å²) in [6.45, 7) is 1.43. The van der Waals surface area contributed by atoms with E-state index in [2.05, 4.69) is 34.4 Å². The average molecular weight is 932 g/mol. The van der Waals surface area contributed by atoms with Crippen LogP contribution in [-0.2, 0) is 56.3 Å². The number of phenols is 1. The number of carbonyl (C=O) groups is 3. The van der Waals surface area contributed by atoms with Gasteiger partial charge >= 0.3 is 23.5 Å². The van der Waals surface area contributed by atoms with E-state index in [1.807, 2.05) is 0 Å². The van der Waals surface area contributed by atoms with Gasteiger partial charge in [0.1, 0.15) is 42.0 Å². The molecule has 4 unspecified atom stereocenters. The second-order valence-electron chi connectivity index (χ2n) is 13.8. The Morgan fingerprint density at radius 1 is 1.00 bits per heavy atom. The number of ether oxygens (including phenoxy) is 1. The molecule has 0 saturated carbocycles. The van der Waals surface area contributed by atoms with Crippen molar-refractivity contribution in [3.8, 4) is 5.75 Å². The number of imidazole rings is 1. The number of aromatic hydroxyl groups is 1. The maximum Gasteiger partial charge on any atom is 0.481 e. The van der Waals surface area contributed by atoms with Crippen LogP contribution in [0.1, 0.15) is 39.0 Å². The fourth-order valence-corrected chi connectivity index (χ4v) is 8.94. The van der Waals surface area contributed by atoms with E-state index in [0.29, 0.717) is 0 Å². The van der Waals surface area contributed by atoms with Gasteiger partial charge in [0.25, 0.3) is 0 Å². The highest BCUT2D eigenvalue weighted by Gasteiger charge is 2.50. The molecule has 0 bridgehead atoms. The molecule has 334 valence electrons. The van der Waals surface area contributed by atoms with E-state index in [9.17, 15) is 68.1 Å². The number of nitrogens with one attached hydrogen (secondary N) is 2. The first-order chi connectivity index (χ1) is 27.7. The number of phosphoric acid groups is 3. The van der Waals surface area contributed by atoms with Gasteiger partial charge in [-0.1, -0.05) is 37.7 Å². The quantitative estimate of drug-likeness (QED) is 0.0464. The van der Waals surface area contributed by atoms with Crippen LogP contribution >= 0.6 is 35.2 Å². The summed E-state index contributed by atoms with van der Waals surface area (Å²) < 4.78 is 62.1. The number of aliphatic hydroxyl groups is 3. The van der Waals surface area contributed by atoms with Crippen LogP contribution in [0.25, 0.3) is 11.2 Å². The minimum atomic E-state index is -5.60. The van der Waals surface area contributed by atoms with Gasteiger partial charge in [0.2, 0.25) is 16.9 Å². The molecule has 3 aromatic rings. The smallest absolute Gasteiger partial charge is 0.481 e. The van der Waals surface area contributed by atoms with E-state index in [-0.39, 0.29) is 53.6 Å². The Labute approximate surface area is 344 Å². The summed E-state index contributed by atoms with van der Waals surface area (Å²) in [5.41, 5.74) is 2.61. The number of thioether (sulfide) groups is 1. The van der Waals surface area contributed by atoms with Gasteiger partial charge in [0, 0.05) is 30.7 Å². The van der Waals surface area contributed by atoms with E-state index in [1.54, 1.807) is 0 Å². The zero-order valence-electron chi connectivity index (χ0n) is 31.8. The number of aromatic nitrogens is 4. The lowest BCUT2D eigenvalue weighted by molar-refractivity contribution is -0.137. The second-order valence-corrected chi connectivity index (χ2v) is 19.1. The first-order valence-corrected chi connectivity index (χ1v) is 22.8. The third-order valence-corrected chi connectivity index (χ3v) is 12.7. The number of hydrogen-bond acceptors (Lipinski definition) is 20. The minimum Gasteiger partial charge on any atom is -0.508 e. The number of anilines is 1. The summed E-state index contributed by atoms with van der Waals surface area (Å²) in [5.74, 6) is -1.56. The Balaban J connectivity index is 1.22. The summed E-state index contributed by atoms with van der Waals surface area (Å²) in [6.07, 6.45) is -7.13. The van der Waals surface area contributed by atoms with Crippen LogP contribution in [0.2, 0.25) is 0 Å². The maximum absolute atomic E-state index is 12.7. The number of aliphatic hydroxyl groups excluding tert-OH is 2. The molecule has 4 rings (SSSR count). The van der Waals surface area contributed by atoms with Crippen LogP contribution in [0.3, 0.4) is 0 Å². The summed E-state index contributed by atoms with van der Waals surface area (Å²) in [4.78, 5) is 88.3. The third-order valence-electron chi connectivity index (χ3n) is 8.56. The first kappa shape index (κ1) is 49.2. The predicted molar refractivity (Wildman–Crippen MR) is 205 cm³/mol. The molecule has 1 fully saturated rings. The topological polar surface area (TPSA) is 404 Å². The largest absolute Gasteiger partial charge is 0.508 e. The Morgan fingerprint density at radius 3 is 2.30 bits per heavy atom. The molecule has 2 aromatic heterocycles. The molecule has 1 saturated heterocycles. The molecule has 8 atom stereocenters. The van der Waals surface area contributed by atoms with Crippen molar-refractivity contribution >= 4 is 69.1 Å². The summed E-state index contributed by atoms with van der Waals surface area (Å²) in [7, 11) is -16.5. The highest BCUT2D eigenvalue weighted by Crippen LogP contribution is 2.61. The van der Waals surface area contributed by atoms with Crippen molar-refractivity contribution < 1.29 is 90.7 Å². The van der Waals surface area contributed by atoms with Crippen LogP contribution in [0.15, 0.2) is 36.9 Å². The Kier molecular flexibility index (Phi) is 16.2.